The second kappa shape index (κ2) is 7.26. The number of carbonyl (C=O) groups excluding carboxylic acids is 1. The average molecular weight is 369 g/mol. The fraction of sp³-hybridized carbons (Fsp3) is 0.188. The standard InChI is InChI=1S/C16H14BrFO4/c1-20-14-8-10(16(19)21-2)6-7-13(14)22-9-11-4-3-5-12(17)15(11)18/h3-8H,9H2,1-2H3. The molecule has 0 fully saturated rings. The molecule has 0 saturated heterocycles. The van der Waals surface area contributed by atoms with E-state index in [4.69, 9.17) is 9.47 Å². The predicted molar refractivity (Wildman–Crippen MR) is 82.8 cm³/mol. The van der Waals surface area contributed by atoms with Crippen molar-refractivity contribution in [2.24, 2.45) is 0 Å². The summed E-state index contributed by atoms with van der Waals surface area (Å²) in [6.07, 6.45) is 0. The lowest BCUT2D eigenvalue weighted by molar-refractivity contribution is 0.0600. The highest BCUT2D eigenvalue weighted by Crippen LogP contribution is 2.29. The lowest BCUT2D eigenvalue weighted by Gasteiger charge is -2.12. The highest BCUT2D eigenvalue weighted by molar-refractivity contribution is 9.10. The van der Waals surface area contributed by atoms with Crippen LogP contribution >= 0.6 is 15.9 Å². The Hall–Kier alpha value is -2.08. The van der Waals surface area contributed by atoms with Crippen molar-refractivity contribution in [1.29, 1.82) is 0 Å². The van der Waals surface area contributed by atoms with Crippen LogP contribution in [0.2, 0.25) is 0 Å². The molecule has 0 aliphatic heterocycles. The van der Waals surface area contributed by atoms with E-state index in [1.165, 1.54) is 20.3 Å². The summed E-state index contributed by atoms with van der Waals surface area (Å²) >= 11 is 3.13. The van der Waals surface area contributed by atoms with Gasteiger partial charge in [0.1, 0.15) is 12.4 Å². The molecule has 0 amide bonds. The Bertz CT molecular complexity index is 688. The Morgan fingerprint density at radius 2 is 1.95 bits per heavy atom. The number of benzene rings is 2. The number of hydrogen-bond donors (Lipinski definition) is 0. The van der Waals surface area contributed by atoms with E-state index in [2.05, 4.69) is 20.7 Å². The number of carbonyl (C=O) groups is 1. The van der Waals surface area contributed by atoms with E-state index >= 15 is 0 Å². The zero-order valence-corrected chi connectivity index (χ0v) is 13.6. The van der Waals surface area contributed by atoms with Gasteiger partial charge in [0, 0.05) is 5.56 Å². The number of hydrogen-bond acceptors (Lipinski definition) is 4. The topological polar surface area (TPSA) is 44.8 Å². The van der Waals surface area contributed by atoms with Crippen LogP contribution in [0.5, 0.6) is 11.5 Å². The number of rotatable bonds is 5. The highest BCUT2D eigenvalue weighted by atomic mass is 79.9. The molecule has 0 atom stereocenters. The van der Waals surface area contributed by atoms with E-state index in [1.807, 2.05) is 0 Å². The van der Waals surface area contributed by atoms with Crippen molar-refractivity contribution in [3.05, 3.63) is 57.8 Å². The van der Waals surface area contributed by atoms with Gasteiger partial charge in [-0.15, -0.1) is 0 Å². The second-order valence-electron chi connectivity index (χ2n) is 4.36. The summed E-state index contributed by atoms with van der Waals surface area (Å²) in [6.45, 7) is 0.0409. The molecule has 4 nitrogen and oxygen atoms in total. The Morgan fingerprint density at radius 1 is 1.18 bits per heavy atom. The molecule has 22 heavy (non-hydrogen) atoms. The number of methoxy groups -OCH3 is 2. The van der Waals surface area contributed by atoms with Crippen LogP contribution in [0.15, 0.2) is 40.9 Å². The molecule has 2 rings (SSSR count). The van der Waals surface area contributed by atoms with Crippen molar-refractivity contribution >= 4 is 21.9 Å². The molecular formula is C16H14BrFO4. The molecular weight excluding hydrogens is 355 g/mol. The largest absolute Gasteiger partial charge is 0.493 e. The lowest BCUT2D eigenvalue weighted by atomic mass is 10.2. The van der Waals surface area contributed by atoms with E-state index in [-0.39, 0.29) is 12.4 Å². The first-order valence-corrected chi connectivity index (χ1v) is 7.18. The van der Waals surface area contributed by atoms with Crippen LogP contribution < -0.4 is 9.47 Å². The van der Waals surface area contributed by atoms with Gasteiger partial charge in [-0.3, -0.25) is 0 Å². The summed E-state index contributed by atoms with van der Waals surface area (Å²) in [5.74, 6) is -0.0524. The molecule has 6 heteroatoms. The van der Waals surface area contributed by atoms with Crippen molar-refractivity contribution < 1.29 is 23.4 Å². The van der Waals surface area contributed by atoms with Crippen LogP contribution in [0.3, 0.4) is 0 Å². The fourth-order valence-corrected chi connectivity index (χ4v) is 2.25. The Labute approximate surface area is 135 Å². The summed E-state index contributed by atoms with van der Waals surface area (Å²) in [5.41, 5.74) is 0.758. The maximum absolute atomic E-state index is 13.9. The Morgan fingerprint density at radius 3 is 2.64 bits per heavy atom. The zero-order valence-electron chi connectivity index (χ0n) is 12.1. The third-order valence-corrected chi connectivity index (χ3v) is 3.61. The van der Waals surface area contributed by atoms with Gasteiger partial charge in [-0.05, 0) is 40.2 Å². The summed E-state index contributed by atoms with van der Waals surface area (Å²) in [7, 11) is 2.76. The van der Waals surface area contributed by atoms with Crippen molar-refractivity contribution in [1.82, 2.24) is 0 Å². The summed E-state index contributed by atoms with van der Waals surface area (Å²) < 4.78 is 29.7. The van der Waals surface area contributed by atoms with Crippen LogP contribution in [0.4, 0.5) is 4.39 Å². The number of ether oxygens (including phenoxy) is 3. The first-order chi connectivity index (χ1) is 10.6. The highest BCUT2D eigenvalue weighted by Gasteiger charge is 2.12. The van der Waals surface area contributed by atoms with E-state index in [0.29, 0.717) is 27.1 Å². The quantitative estimate of drug-likeness (QED) is 0.749. The smallest absolute Gasteiger partial charge is 0.337 e. The van der Waals surface area contributed by atoms with Crippen LogP contribution in [0.1, 0.15) is 15.9 Å². The average Bonchev–Trinajstić information content (AvgIpc) is 2.55. The van der Waals surface area contributed by atoms with Crippen LogP contribution in [0, 0.1) is 5.82 Å². The molecule has 0 saturated carbocycles. The molecule has 2 aromatic rings. The monoisotopic (exact) mass is 368 g/mol. The summed E-state index contributed by atoms with van der Waals surface area (Å²) in [6, 6.07) is 9.63. The molecule has 116 valence electrons. The molecule has 0 bridgehead atoms. The minimum absolute atomic E-state index is 0.0409. The predicted octanol–water partition coefficient (Wildman–Crippen LogP) is 3.96. The van der Waals surface area contributed by atoms with Gasteiger partial charge in [-0.2, -0.15) is 0 Å². The molecule has 0 aliphatic carbocycles. The van der Waals surface area contributed by atoms with Crippen molar-refractivity contribution in [3.8, 4) is 11.5 Å². The summed E-state index contributed by atoms with van der Waals surface area (Å²) in [4.78, 5) is 11.5. The molecule has 0 heterocycles. The van der Waals surface area contributed by atoms with E-state index in [9.17, 15) is 9.18 Å². The lowest BCUT2D eigenvalue weighted by Crippen LogP contribution is -2.04. The van der Waals surface area contributed by atoms with Gasteiger partial charge in [0.05, 0.1) is 24.3 Å². The molecule has 2 aromatic carbocycles. The van der Waals surface area contributed by atoms with Crippen molar-refractivity contribution in [3.63, 3.8) is 0 Å². The molecule has 0 unspecified atom stereocenters. The van der Waals surface area contributed by atoms with Crippen molar-refractivity contribution in [2.75, 3.05) is 14.2 Å². The normalized spacial score (nSPS) is 10.2. The molecule has 0 aliphatic rings. The van der Waals surface area contributed by atoms with Gasteiger partial charge < -0.3 is 14.2 Å². The van der Waals surface area contributed by atoms with Gasteiger partial charge in [-0.25, -0.2) is 9.18 Å². The summed E-state index contributed by atoms with van der Waals surface area (Å²) in [5, 5.41) is 0. The van der Waals surface area contributed by atoms with E-state index < -0.39 is 5.97 Å². The third-order valence-electron chi connectivity index (χ3n) is 3.00. The van der Waals surface area contributed by atoms with Crippen molar-refractivity contribution in [2.45, 2.75) is 6.61 Å². The maximum Gasteiger partial charge on any atom is 0.337 e. The van der Waals surface area contributed by atoms with Gasteiger partial charge in [0.25, 0.3) is 0 Å². The minimum Gasteiger partial charge on any atom is -0.493 e. The maximum atomic E-state index is 13.9. The fourth-order valence-electron chi connectivity index (χ4n) is 1.85. The Kier molecular flexibility index (Phi) is 5.38. The van der Waals surface area contributed by atoms with Crippen LogP contribution in [-0.4, -0.2) is 20.2 Å². The minimum atomic E-state index is -0.470. The Balaban J connectivity index is 2.19. The van der Waals surface area contributed by atoms with Gasteiger partial charge in [0.15, 0.2) is 11.5 Å². The SMILES string of the molecule is COC(=O)c1ccc(OCc2cccc(Br)c2F)c(OC)c1. The van der Waals surface area contributed by atoms with E-state index in [1.54, 1.807) is 30.3 Å². The van der Waals surface area contributed by atoms with E-state index in [0.717, 1.165) is 0 Å². The zero-order chi connectivity index (χ0) is 16.1. The third kappa shape index (κ3) is 3.57. The van der Waals surface area contributed by atoms with Gasteiger partial charge in [-0.1, -0.05) is 12.1 Å². The first-order valence-electron chi connectivity index (χ1n) is 6.39. The first kappa shape index (κ1) is 16.3. The van der Waals surface area contributed by atoms with Gasteiger partial charge in [0.2, 0.25) is 0 Å². The number of esters is 1. The molecule has 0 radical (unpaired) electrons. The molecule has 0 spiro atoms. The molecule has 0 aromatic heterocycles. The second-order valence-corrected chi connectivity index (χ2v) is 5.21. The number of halogens is 2. The van der Waals surface area contributed by atoms with Gasteiger partial charge >= 0.3 is 5.97 Å². The van der Waals surface area contributed by atoms with Crippen LogP contribution in [-0.2, 0) is 11.3 Å². The molecule has 0 N–H and O–H groups in total. The van der Waals surface area contributed by atoms with Crippen LogP contribution in [0.25, 0.3) is 0 Å².